The number of likely N-dealkylation sites (tertiary alicyclic amines) is 1. The van der Waals surface area contributed by atoms with Crippen LogP contribution in [0.4, 0.5) is 10.6 Å². The number of pyridine rings is 1. The van der Waals surface area contributed by atoms with Crippen molar-refractivity contribution in [2.45, 2.75) is 31.7 Å². The van der Waals surface area contributed by atoms with Crippen LogP contribution in [-0.4, -0.2) is 59.2 Å². The zero-order valence-corrected chi connectivity index (χ0v) is 14.2. The first-order chi connectivity index (χ1) is 12.1. The third-order valence-electron chi connectivity index (χ3n) is 5.98. The molecule has 2 saturated heterocycles. The number of anilines is 1. The summed E-state index contributed by atoms with van der Waals surface area (Å²) in [6, 6.07) is 5.81. The summed E-state index contributed by atoms with van der Waals surface area (Å²) in [6.45, 7) is 1.79. The highest BCUT2D eigenvalue weighted by Gasteiger charge is 2.58. The van der Waals surface area contributed by atoms with Crippen molar-refractivity contribution >= 4 is 17.8 Å². The Bertz CT molecular complexity index is 662. The van der Waals surface area contributed by atoms with Gasteiger partial charge in [0.25, 0.3) is 0 Å². The second-order valence-electron chi connectivity index (χ2n) is 7.54. The van der Waals surface area contributed by atoms with E-state index in [0.29, 0.717) is 19.6 Å². The highest BCUT2D eigenvalue weighted by atomic mass is 16.4. The molecule has 2 N–H and O–H groups in total. The molecule has 1 saturated carbocycles. The van der Waals surface area contributed by atoms with E-state index in [9.17, 15) is 14.7 Å². The summed E-state index contributed by atoms with van der Waals surface area (Å²) in [5.41, 5.74) is -0.898. The van der Waals surface area contributed by atoms with E-state index in [0.717, 1.165) is 31.5 Å². The molecule has 0 bridgehead atoms. The monoisotopic (exact) mass is 344 g/mol. The molecule has 1 aliphatic carbocycles. The van der Waals surface area contributed by atoms with E-state index in [2.05, 4.69) is 10.3 Å². The van der Waals surface area contributed by atoms with E-state index in [1.165, 1.54) is 0 Å². The van der Waals surface area contributed by atoms with Crippen LogP contribution in [0.25, 0.3) is 0 Å². The van der Waals surface area contributed by atoms with Crippen molar-refractivity contribution in [1.29, 1.82) is 0 Å². The van der Waals surface area contributed by atoms with Gasteiger partial charge >= 0.3 is 12.0 Å². The normalized spacial score (nSPS) is 29.0. The number of hydrogen-bond donors (Lipinski definition) is 2. The van der Waals surface area contributed by atoms with Crippen LogP contribution >= 0.6 is 0 Å². The number of aromatic nitrogens is 1. The van der Waals surface area contributed by atoms with Gasteiger partial charge in [-0.25, -0.2) is 9.78 Å². The lowest BCUT2D eigenvalue weighted by molar-refractivity contribution is -0.148. The standard InChI is InChI=1S/C18H24N4O3/c23-16(24)18-11-21(15-7-3-4-8-19-15)9-13(18)10-22(12-18)17(25)20-14-5-1-2-6-14/h3-4,7-8,13-14H,1-2,5-6,9-12H2,(H,20,25)(H,23,24)/t13-,18-/m1/s1. The van der Waals surface area contributed by atoms with E-state index in [-0.39, 0.29) is 24.5 Å². The number of urea groups is 1. The average molecular weight is 344 g/mol. The average Bonchev–Trinajstić information content (AvgIpc) is 3.29. The number of nitrogens with one attached hydrogen (secondary N) is 1. The van der Waals surface area contributed by atoms with E-state index in [1.807, 2.05) is 23.1 Å². The van der Waals surface area contributed by atoms with Gasteiger partial charge < -0.3 is 20.2 Å². The summed E-state index contributed by atoms with van der Waals surface area (Å²) in [4.78, 5) is 32.7. The number of aliphatic carboxylic acids is 1. The molecule has 2 atom stereocenters. The lowest BCUT2D eigenvalue weighted by atomic mass is 9.81. The molecule has 0 spiro atoms. The third kappa shape index (κ3) is 2.81. The third-order valence-corrected chi connectivity index (χ3v) is 5.98. The van der Waals surface area contributed by atoms with Crippen LogP contribution in [0.3, 0.4) is 0 Å². The molecule has 3 heterocycles. The Kier molecular flexibility index (Phi) is 4.01. The van der Waals surface area contributed by atoms with E-state index >= 15 is 0 Å². The number of hydrogen-bond acceptors (Lipinski definition) is 4. The molecule has 0 radical (unpaired) electrons. The lowest BCUT2D eigenvalue weighted by Gasteiger charge is -2.26. The van der Waals surface area contributed by atoms with Gasteiger partial charge in [0.1, 0.15) is 11.2 Å². The van der Waals surface area contributed by atoms with Crippen LogP contribution in [-0.2, 0) is 4.79 Å². The minimum atomic E-state index is -0.898. The molecule has 25 heavy (non-hydrogen) atoms. The molecule has 0 aromatic carbocycles. The van der Waals surface area contributed by atoms with Gasteiger partial charge in [-0.15, -0.1) is 0 Å². The summed E-state index contributed by atoms with van der Waals surface area (Å²) in [5, 5.41) is 13.0. The van der Waals surface area contributed by atoms with Crippen molar-refractivity contribution in [3.05, 3.63) is 24.4 Å². The van der Waals surface area contributed by atoms with Crippen LogP contribution < -0.4 is 10.2 Å². The summed E-state index contributed by atoms with van der Waals surface area (Å²) in [6.07, 6.45) is 6.09. The molecule has 0 unspecified atom stereocenters. The van der Waals surface area contributed by atoms with Crippen LogP contribution in [0.5, 0.6) is 0 Å². The molecule has 7 heteroatoms. The number of carbonyl (C=O) groups is 2. The van der Waals surface area contributed by atoms with E-state index in [4.69, 9.17) is 0 Å². The van der Waals surface area contributed by atoms with Crippen molar-refractivity contribution < 1.29 is 14.7 Å². The first-order valence-corrected chi connectivity index (χ1v) is 9.03. The van der Waals surface area contributed by atoms with Crippen molar-refractivity contribution in [2.75, 3.05) is 31.1 Å². The fraction of sp³-hybridized carbons (Fsp3) is 0.611. The van der Waals surface area contributed by atoms with E-state index < -0.39 is 11.4 Å². The maximum absolute atomic E-state index is 12.5. The van der Waals surface area contributed by atoms with Crippen LogP contribution in [0, 0.1) is 11.3 Å². The lowest BCUT2D eigenvalue weighted by Crippen LogP contribution is -2.46. The van der Waals surface area contributed by atoms with E-state index in [1.54, 1.807) is 11.1 Å². The first kappa shape index (κ1) is 16.2. The van der Waals surface area contributed by atoms with Gasteiger partial charge in [-0.05, 0) is 25.0 Å². The minimum absolute atomic E-state index is 0.0682. The highest BCUT2D eigenvalue weighted by Crippen LogP contribution is 2.44. The first-order valence-electron chi connectivity index (χ1n) is 9.03. The van der Waals surface area contributed by atoms with Crippen molar-refractivity contribution in [3.63, 3.8) is 0 Å². The quantitative estimate of drug-likeness (QED) is 0.869. The predicted molar refractivity (Wildman–Crippen MR) is 92.4 cm³/mol. The topological polar surface area (TPSA) is 85.8 Å². The second kappa shape index (κ2) is 6.20. The summed E-state index contributed by atoms with van der Waals surface area (Å²) in [7, 11) is 0. The van der Waals surface area contributed by atoms with Crippen LogP contribution in [0.2, 0.25) is 0 Å². The predicted octanol–water partition coefficient (Wildman–Crippen LogP) is 1.56. The largest absolute Gasteiger partial charge is 0.481 e. The zero-order valence-electron chi connectivity index (χ0n) is 14.2. The van der Waals surface area contributed by atoms with Gasteiger partial charge in [0.05, 0.1) is 0 Å². The molecule has 3 aliphatic rings. The van der Waals surface area contributed by atoms with Gasteiger partial charge in [-0.2, -0.15) is 0 Å². The molecular weight excluding hydrogens is 320 g/mol. The summed E-state index contributed by atoms with van der Waals surface area (Å²) >= 11 is 0. The number of carbonyl (C=O) groups excluding carboxylic acids is 1. The molecule has 3 fully saturated rings. The second-order valence-corrected chi connectivity index (χ2v) is 7.54. The molecule has 1 aromatic rings. The molecule has 2 amide bonds. The molecule has 1 aromatic heterocycles. The Balaban J connectivity index is 1.47. The summed E-state index contributed by atoms with van der Waals surface area (Å²) in [5.74, 6) is -0.0760. The van der Waals surface area contributed by atoms with Gasteiger partial charge in [0.15, 0.2) is 0 Å². The Labute approximate surface area is 147 Å². The number of fused-ring (bicyclic) bond motifs is 1. The smallest absolute Gasteiger partial charge is 0.317 e. The van der Waals surface area contributed by atoms with Gasteiger partial charge in [-0.3, -0.25) is 4.79 Å². The zero-order chi connectivity index (χ0) is 17.4. The molecule has 2 aliphatic heterocycles. The number of rotatable bonds is 3. The summed E-state index contributed by atoms with van der Waals surface area (Å²) < 4.78 is 0. The molecule has 4 rings (SSSR count). The maximum Gasteiger partial charge on any atom is 0.317 e. The van der Waals surface area contributed by atoms with Crippen molar-refractivity contribution in [3.8, 4) is 0 Å². The Morgan fingerprint density at radius 3 is 2.64 bits per heavy atom. The van der Waals surface area contributed by atoms with Crippen molar-refractivity contribution in [2.24, 2.45) is 11.3 Å². The molecule has 134 valence electrons. The fourth-order valence-electron chi connectivity index (χ4n) is 4.57. The Morgan fingerprint density at radius 1 is 1.20 bits per heavy atom. The fourth-order valence-corrected chi connectivity index (χ4v) is 4.57. The maximum atomic E-state index is 12.5. The van der Waals surface area contributed by atoms with Crippen molar-refractivity contribution in [1.82, 2.24) is 15.2 Å². The molecular formula is C18H24N4O3. The Morgan fingerprint density at radius 2 is 2.00 bits per heavy atom. The Hall–Kier alpha value is -2.31. The van der Waals surface area contributed by atoms with Gasteiger partial charge in [0, 0.05) is 44.3 Å². The number of carboxylic acid groups (broad SMARTS) is 1. The number of amides is 2. The SMILES string of the molecule is O=C(NC1CCCC1)N1C[C@H]2CN(c3ccccn3)C[C@@]2(C(=O)O)C1. The minimum Gasteiger partial charge on any atom is -0.481 e. The molecule has 7 nitrogen and oxygen atoms in total. The van der Waals surface area contributed by atoms with Crippen LogP contribution in [0.1, 0.15) is 25.7 Å². The number of nitrogens with zero attached hydrogens (tertiary/aromatic N) is 3. The number of carboxylic acids is 1. The van der Waals surface area contributed by atoms with Crippen LogP contribution in [0.15, 0.2) is 24.4 Å². The van der Waals surface area contributed by atoms with Gasteiger partial charge in [0.2, 0.25) is 0 Å². The van der Waals surface area contributed by atoms with Gasteiger partial charge in [-0.1, -0.05) is 18.9 Å². The highest BCUT2D eigenvalue weighted by molar-refractivity contribution is 5.82.